The third kappa shape index (κ3) is 4.36. The van der Waals surface area contributed by atoms with E-state index in [1.54, 1.807) is 42.7 Å². The molecule has 10 heteroatoms. The first-order valence-corrected chi connectivity index (χ1v) is 14.7. The zero-order valence-electron chi connectivity index (χ0n) is 21.5. The van der Waals surface area contributed by atoms with Gasteiger partial charge in [0, 0.05) is 28.9 Å². The average molecular weight is 579 g/mol. The number of carbonyl (C=O) groups is 3. The summed E-state index contributed by atoms with van der Waals surface area (Å²) in [7, 11) is 0. The highest BCUT2D eigenvalue weighted by molar-refractivity contribution is 8.00. The summed E-state index contributed by atoms with van der Waals surface area (Å²) in [6.07, 6.45) is 3.31. The monoisotopic (exact) mass is 578 g/mol. The number of aromatic nitrogens is 2. The average Bonchev–Trinajstić information content (AvgIpc) is 3.44. The van der Waals surface area contributed by atoms with Crippen LogP contribution in [0.5, 0.6) is 0 Å². The first-order chi connectivity index (χ1) is 20.0. The van der Waals surface area contributed by atoms with Gasteiger partial charge in [0.05, 0.1) is 16.6 Å². The molecule has 2 aliphatic rings. The summed E-state index contributed by atoms with van der Waals surface area (Å²) in [5, 5.41) is 4.74. The number of thiazole rings is 1. The largest absolute Gasteiger partial charge is 0.325 e. The number of anilines is 2. The number of fused-ring (bicyclic) bond motifs is 3. The number of imide groups is 1. The Kier molecular flexibility index (Phi) is 6.29. The molecular weight excluding hydrogens is 556 g/mol. The molecule has 2 aromatic heterocycles. The SMILES string of the molecule is O=C(Cn1c2c(sc1=O)C(c1cccnc1)C1C(=O)N(c3ccccc3)C(=O)C1S2)Nc1ccc2ccccc2c1. The molecule has 4 heterocycles. The Morgan fingerprint density at radius 2 is 1.66 bits per heavy atom. The van der Waals surface area contributed by atoms with Gasteiger partial charge < -0.3 is 5.32 Å². The second kappa shape index (κ2) is 10.1. The van der Waals surface area contributed by atoms with Crippen LogP contribution in [-0.2, 0) is 20.9 Å². The maximum Gasteiger partial charge on any atom is 0.308 e. The molecule has 41 heavy (non-hydrogen) atoms. The minimum atomic E-state index is -0.746. The lowest BCUT2D eigenvalue weighted by Crippen LogP contribution is -2.33. The molecule has 0 spiro atoms. The Balaban J connectivity index is 1.25. The Hall–Kier alpha value is -4.54. The summed E-state index contributed by atoms with van der Waals surface area (Å²) in [6, 6.07) is 26.0. The summed E-state index contributed by atoms with van der Waals surface area (Å²) in [5.41, 5.74) is 1.88. The number of pyridine rings is 1. The van der Waals surface area contributed by atoms with Crippen LogP contribution in [0.25, 0.3) is 10.8 Å². The van der Waals surface area contributed by atoms with Crippen LogP contribution in [0.15, 0.2) is 107 Å². The number of rotatable bonds is 5. The van der Waals surface area contributed by atoms with Gasteiger partial charge in [-0.3, -0.25) is 28.7 Å². The number of nitrogens with zero attached hydrogens (tertiary/aromatic N) is 3. The molecule has 2 aliphatic heterocycles. The van der Waals surface area contributed by atoms with Gasteiger partial charge in [-0.15, -0.1) is 0 Å². The van der Waals surface area contributed by atoms with Gasteiger partial charge in [-0.1, -0.05) is 77.7 Å². The van der Waals surface area contributed by atoms with E-state index in [0.29, 0.717) is 21.3 Å². The molecule has 5 aromatic rings. The minimum absolute atomic E-state index is 0.216. The normalized spacial score (nSPS) is 19.7. The summed E-state index contributed by atoms with van der Waals surface area (Å²) >= 11 is 2.21. The van der Waals surface area contributed by atoms with Crippen molar-refractivity contribution in [2.24, 2.45) is 5.92 Å². The van der Waals surface area contributed by atoms with Crippen molar-refractivity contribution in [3.05, 3.63) is 117 Å². The molecule has 202 valence electrons. The molecule has 3 atom stereocenters. The third-order valence-corrected chi connectivity index (χ3v) is 10.0. The Morgan fingerprint density at radius 1 is 0.878 bits per heavy atom. The van der Waals surface area contributed by atoms with Crippen molar-refractivity contribution in [1.82, 2.24) is 9.55 Å². The van der Waals surface area contributed by atoms with E-state index in [0.717, 1.165) is 27.7 Å². The second-order valence-electron chi connectivity index (χ2n) is 9.91. The molecular formula is C31H22N4O4S2. The molecule has 8 nitrogen and oxygen atoms in total. The molecule has 0 bridgehead atoms. The Morgan fingerprint density at radius 3 is 2.44 bits per heavy atom. The van der Waals surface area contributed by atoms with Crippen LogP contribution in [0.2, 0.25) is 0 Å². The van der Waals surface area contributed by atoms with Gasteiger partial charge in [0.1, 0.15) is 11.8 Å². The van der Waals surface area contributed by atoms with Crippen molar-refractivity contribution >= 4 is 63.0 Å². The molecule has 1 fully saturated rings. The number of hydrogen-bond donors (Lipinski definition) is 1. The number of carbonyl (C=O) groups excluding carboxylic acids is 3. The van der Waals surface area contributed by atoms with Gasteiger partial charge in [-0.25, -0.2) is 4.90 Å². The number of benzene rings is 3. The number of hydrogen-bond acceptors (Lipinski definition) is 7. The highest BCUT2D eigenvalue weighted by Gasteiger charge is 2.56. The predicted molar refractivity (Wildman–Crippen MR) is 159 cm³/mol. The minimum Gasteiger partial charge on any atom is -0.325 e. The van der Waals surface area contributed by atoms with Crippen LogP contribution >= 0.6 is 23.1 Å². The second-order valence-corrected chi connectivity index (χ2v) is 12.0. The molecule has 3 amide bonds. The van der Waals surface area contributed by atoms with Crippen LogP contribution in [-0.4, -0.2) is 32.5 Å². The van der Waals surface area contributed by atoms with Crippen molar-refractivity contribution in [2.75, 3.05) is 10.2 Å². The van der Waals surface area contributed by atoms with E-state index < -0.39 is 17.1 Å². The van der Waals surface area contributed by atoms with Crippen molar-refractivity contribution in [3.8, 4) is 0 Å². The number of para-hydroxylation sites is 1. The topological polar surface area (TPSA) is 101 Å². The number of amides is 3. The maximum absolute atomic E-state index is 13.8. The van der Waals surface area contributed by atoms with E-state index in [9.17, 15) is 19.2 Å². The zero-order chi connectivity index (χ0) is 28.1. The van der Waals surface area contributed by atoms with E-state index in [2.05, 4.69) is 10.3 Å². The van der Waals surface area contributed by atoms with Crippen LogP contribution < -0.4 is 15.1 Å². The molecule has 0 aliphatic carbocycles. The fourth-order valence-corrected chi connectivity index (χ4v) is 8.39. The van der Waals surface area contributed by atoms with E-state index in [1.807, 2.05) is 54.6 Å². The summed E-state index contributed by atoms with van der Waals surface area (Å²) in [4.78, 5) is 59.9. The van der Waals surface area contributed by atoms with E-state index >= 15 is 0 Å². The number of thioether (sulfide) groups is 1. The zero-order valence-corrected chi connectivity index (χ0v) is 23.1. The molecule has 3 aromatic carbocycles. The van der Waals surface area contributed by atoms with Crippen LogP contribution in [0.1, 0.15) is 16.4 Å². The molecule has 0 saturated carbocycles. The maximum atomic E-state index is 13.8. The van der Waals surface area contributed by atoms with Crippen molar-refractivity contribution in [3.63, 3.8) is 0 Å². The van der Waals surface area contributed by atoms with Crippen LogP contribution in [0.4, 0.5) is 11.4 Å². The highest BCUT2D eigenvalue weighted by atomic mass is 32.2. The van der Waals surface area contributed by atoms with Crippen LogP contribution in [0, 0.1) is 5.92 Å². The van der Waals surface area contributed by atoms with Gasteiger partial charge in [0.15, 0.2) is 0 Å². The molecule has 1 N–H and O–H groups in total. The number of nitrogens with one attached hydrogen (secondary N) is 1. The standard InChI is InChI=1S/C31H22N4O4S2/c36-23(33-21-13-12-18-7-4-5-8-19(18)15-21)17-34-30-27(41-31(34)39)24(20-9-6-14-32-16-20)25-26(40-30)29(38)35(28(25)37)22-10-2-1-3-11-22/h1-16,24-26H,17H2,(H,33,36). The van der Waals surface area contributed by atoms with Gasteiger partial charge in [-0.05, 0) is 46.7 Å². The smallest absolute Gasteiger partial charge is 0.308 e. The van der Waals surface area contributed by atoms with Crippen LogP contribution in [0.3, 0.4) is 0 Å². The van der Waals surface area contributed by atoms with Gasteiger partial charge in [0.25, 0.3) is 0 Å². The Bertz CT molecular complexity index is 1890. The summed E-state index contributed by atoms with van der Waals surface area (Å²) in [5.74, 6) is -2.25. The van der Waals surface area contributed by atoms with Gasteiger partial charge in [-0.2, -0.15) is 0 Å². The lowest BCUT2D eigenvalue weighted by Gasteiger charge is -2.30. The molecule has 1 saturated heterocycles. The van der Waals surface area contributed by atoms with E-state index in [-0.39, 0.29) is 29.1 Å². The first-order valence-electron chi connectivity index (χ1n) is 13.0. The van der Waals surface area contributed by atoms with Crippen molar-refractivity contribution in [1.29, 1.82) is 0 Å². The van der Waals surface area contributed by atoms with E-state index in [1.165, 1.54) is 21.2 Å². The lowest BCUT2D eigenvalue weighted by molar-refractivity contribution is -0.122. The summed E-state index contributed by atoms with van der Waals surface area (Å²) in [6.45, 7) is -0.216. The quantitative estimate of drug-likeness (QED) is 0.298. The molecule has 0 radical (unpaired) electrons. The summed E-state index contributed by atoms with van der Waals surface area (Å²) < 4.78 is 1.42. The third-order valence-electron chi connectivity index (χ3n) is 7.44. The fourth-order valence-electron chi connectivity index (χ4n) is 5.62. The van der Waals surface area contributed by atoms with Gasteiger partial charge >= 0.3 is 4.87 Å². The Labute approximate surface area is 242 Å². The van der Waals surface area contributed by atoms with Crippen molar-refractivity contribution in [2.45, 2.75) is 22.7 Å². The fraction of sp³-hybridized carbons (Fsp3) is 0.129. The van der Waals surface area contributed by atoms with Gasteiger partial charge in [0.2, 0.25) is 17.7 Å². The lowest BCUT2D eigenvalue weighted by atomic mass is 9.84. The first kappa shape index (κ1) is 25.4. The van der Waals surface area contributed by atoms with Crippen molar-refractivity contribution < 1.29 is 14.4 Å². The predicted octanol–water partition coefficient (Wildman–Crippen LogP) is 4.89. The highest BCUT2D eigenvalue weighted by Crippen LogP contribution is 2.53. The molecule has 3 unspecified atom stereocenters. The molecule has 7 rings (SSSR count). The van der Waals surface area contributed by atoms with E-state index in [4.69, 9.17) is 0 Å².